The minimum absolute atomic E-state index is 0.146. The summed E-state index contributed by atoms with van der Waals surface area (Å²) in [6.45, 7) is 0. The topological polar surface area (TPSA) is 42.0 Å². The van der Waals surface area contributed by atoms with E-state index in [0.717, 1.165) is 18.0 Å². The van der Waals surface area contributed by atoms with E-state index >= 15 is 0 Å². The number of hydrogen-bond donors (Lipinski definition) is 1. The number of anilines is 1. The van der Waals surface area contributed by atoms with Gasteiger partial charge in [0.05, 0.1) is 0 Å². The Morgan fingerprint density at radius 3 is 2.92 bits per heavy atom. The first-order valence-corrected chi connectivity index (χ1v) is 5.44. The van der Waals surface area contributed by atoms with Gasteiger partial charge in [-0.25, -0.2) is 4.98 Å². The van der Waals surface area contributed by atoms with Crippen molar-refractivity contribution in [2.45, 2.75) is 25.7 Å². The number of thiazole rings is 1. The molecular formula is C9H12N2OS. The van der Waals surface area contributed by atoms with E-state index in [1.54, 1.807) is 6.20 Å². The van der Waals surface area contributed by atoms with Crippen LogP contribution in [0.3, 0.4) is 0 Å². The maximum atomic E-state index is 11.6. The Labute approximate surface area is 81.2 Å². The molecule has 2 rings (SSSR count). The van der Waals surface area contributed by atoms with Crippen LogP contribution in [0.5, 0.6) is 0 Å². The van der Waals surface area contributed by atoms with Crippen molar-refractivity contribution < 1.29 is 4.79 Å². The Morgan fingerprint density at radius 2 is 2.31 bits per heavy atom. The van der Waals surface area contributed by atoms with E-state index < -0.39 is 0 Å². The van der Waals surface area contributed by atoms with Crippen molar-refractivity contribution in [3.8, 4) is 0 Å². The summed E-state index contributed by atoms with van der Waals surface area (Å²) in [5.74, 6) is 0.372. The van der Waals surface area contributed by atoms with Crippen LogP contribution in [0.25, 0.3) is 0 Å². The Bertz CT molecular complexity index is 278. The number of nitrogens with zero attached hydrogens (tertiary/aromatic N) is 1. The zero-order valence-corrected chi connectivity index (χ0v) is 8.14. The monoisotopic (exact) mass is 196 g/mol. The number of amides is 1. The largest absolute Gasteiger partial charge is 0.302 e. The van der Waals surface area contributed by atoms with Gasteiger partial charge in [-0.2, -0.15) is 0 Å². The number of rotatable bonds is 2. The summed E-state index contributed by atoms with van der Waals surface area (Å²) in [6.07, 6.45) is 6.16. The van der Waals surface area contributed by atoms with E-state index in [1.807, 2.05) is 5.38 Å². The fourth-order valence-corrected chi connectivity index (χ4v) is 2.21. The summed E-state index contributed by atoms with van der Waals surface area (Å²) in [5.41, 5.74) is 0. The fraction of sp³-hybridized carbons (Fsp3) is 0.556. The summed E-state index contributed by atoms with van der Waals surface area (Å²) in [6, 6.07) is 0. The molecule has 1 aromatic heterocycles. The molecule has 1 heterocycles. The van der Waals surface area contributed by atoms with Crippen LogP contribution in [0, 0.1) is 5.92 Å². The van der Waals surface area contributed by atoms with Gasteiger partial charge in [0, 0.05) is 17.5 Å². The molecule has 1 N–H and O–H groups in total. The van der Waals surface area contributed by atoms with Gasteiger partial charge in [-0.3, -0.25) is 4.79 Å². The average molecular weight is 196 g/mol. The highest BCUT2D eigenvalue weighted by Crippen LogP contribution is 2.26. The molecule has 1 fully saturated rings. The summed E-state index contributed by atoms with van der Waals surface area (Å²) in [4.78, 5) is 15.6. The Balaban J connectivity index is 1.91. The molecule has 70 valence electrons. The second kappa shape index (κ2) is 3.87. The zero-order chi connectivity index (χ0) is 9.10. The quantitative estimate of drug-likeness (QED) is 0.788. The second-order valence-electron chi connectivity index (χ2n) is 3.31. The number of nitrogens with one attached hydrogen (secondary N) is 1. The average Bonchev–Trinajstić information content (AvgIpc) is 2.74. The predicted octanol–water partition coefficient (Wildman–Crippen LogP) is 2.27. The summed E-state index contributed by atoms with van der Waals surface area (Å²) >= 11 is 1.47. The van der Waals surface area contributed by atoms with Crippen molar-refractivity contribution in [2.24, 2.45) is 5.92 Å². The molecule has 3 nitrogen and oxygen atoms in total. The van der Waals surface area contributed by atoms with Gasteiger partial charge in [0.25, 0.3) is 0 Å². The molecule has 0 aliphatic heterocycles. The third-order valence-electron chi connectivity index (χ3n) is 2.39. The molecule has 1 saturated carbocycles. The molecule has 0 radical (unpaired) electrons. The van der Waals surface area contributed by atoms with Gasteiger partial charge < -0.3 is 5.32 Å². The molecule has 0 unspecified atom stereocenters. The first-order valence-electron chi connectivity index (χ1n) is 4.56. The molecule has 0 spiro atoms. The van der Waals surface area contributed by atoms with Crippen LogP contribution in [0.15, 0.2) is 11.6 Å². The van der Waals surface area contributed by atoms with Crippen LogP contribution in [-0.4, -0.2) is 10.9 Å². The third kappa shape index (κ3) is 2.06. The first kappa shape index (κ1) is 8.69. The first-order chi connectivity index (χ1) is 6.36. The lowest BCUT2D eigenvalue weighted by atomic mass is 10.1. The molecule has 1 aliphatic carbocycles. The van der Waals surface area contributed by atoms with Crippen LogP contribution in [0.4, 0.5) is 5.13 Å². The van der Waals surface area contributed by atoms with Crippen molar-refractivity contribution in [1.29, 1.82) is 0 Å². The van der Waals surface area contributed by atoms with Crippen molar-refractivity contribution in [1.82, 2.24) is 4.98 Å². The molecule has 0 atom stereocenters. The molecule has 0 saturated heterocycles. The third-order valence-corrected chi connectivity index (χ3v) is 3.08. The van der Waals surface area contributed by atoms with Gasteiger partial charge in [-0.1, -0.05) is 12.8 Å². The van der Waals surface area contributed by atoms with E-state index in [1.165, 1.54) is 24.2 Å². The predicted molar refractivity (Wildman–Crippen MR) is 52.7 cm³/mol. The Hall–Kier alpha value is -0.900. The second-order valence-corrected chi connectivity index (χ2v) is 4.20. The lowest BCUT2D eigenvalue weighted by Crippen LogP contribution is -2.19. The molecule has 4 heteroatoms. The van der Waals surface area contributed by atoms with E-state index in [9.17, 15) is 4.79 Å². The highest BCUT2D eigenvalue weighted by atomic mass is 32.1. The zero-order valence-electron chi connectivity index (χ0n) is 7.32. The number of hydrogen-bond acceptors (Lipinski definition) is 3. The molecule has 13 heavy (non-hydrogen) atoms. The molecular weight excluding hydrogens is 184 g/mol. The highest BCUT2D eigenvalue weighted by molar-refractivity contribution is 7.13. The standard InChI is InChI=1S/C9H12N2OS/c12-8(7-3-1-2-4-7)11-9-10-5-6-13-9/h5-7H,1-4H2,(H,10,11,12). The lowest BCUT2D eigenvalue weighted by Gasteiger charge is -2.06. The highest BCUT2D eigenvalue weighted by Gasteiger charge is 2.22. The van der Waals surface area contributed by atoms with Crippen LogP contribution < -0.4 is 5.32 Å². The van der Waals surface area contributed by atoms with Crippen molar-refractivity contribution >= 4 is 22.4 Å². The van der Waals surface area contributed by atoms with Gasteiger partial charge in [0.1, 0.15) is 0 Å². The van der Waals surface area contributed by atoms with Crippen molar-refractivity contribution in [2.75, 3.05) is 5.32 Å². The summed E-state index contributed by atoms with van der Waals surface area (Å²) in [7, 11) is 0. The van der Waals surface area contributed by atoms with Gasteiger partial charge in [0.15, 0.2) is 5.13 Å². The van der Waals surface area contributed by atoms with Gasteiger partial charge in [-0.15, -0.1) is 11.3 Å². The lowest BCUT2D eigenvalue weighted by molar-refractivity contribution is -0.119. The molecule has 1 amide bonds. The minimum atomic E-state index is 0.146. The Morgan fingerprint density at radius 1 is 1.54 bits per heavy atom. The van der Waals surface area contributed by atoms with Crippen LogP contribution in [0.1, 0.15) is 25.7 Å². The number of aromatic nitrogens is 1. The summed E-state index contributed by atoms with van der Waals surface area (Å²) in [5, 5.41) is 5.42. The number of carbonyl (C=O) groups excluding carboxylic acids is 1. The molecule has 0 bridgehead atoms. The van der Waals surface area contributed by atoms with Crippen LogP contribution >= 0.6 is 11.3 Å². The van der Waals surface area contributed by atoms with Gasteiger partial charge in [0.2, 0.25) is 5.91 Å². The maximum absolute atomic E-state index is 11.6. The van der Waals surface area contributed by atoms with Gasteiger partial charge >= 0.3 is 0 Å². The molecule has 0 aromatic carbocycles. The summed E-state index contributed by atoms with van der Waals surface area (Å²) < 4.78 is 0. The molecule has 1 aromatic rings. The molecule has 1 aliphatic rings. The number of carbonyl (C=O) groups is 1. The van der Waals surface area contributed by atoms with Crippen LogP contribution in [-0.2, 0) is 4.79 Å². The minimum Gasteiger partial charge on any atom is -0.302 e. The van der Waals surface area contributed by atoms with Crippen molar-refractivity contribution in [3.63, 3.8) is 0 Å². The normalized spacial score (nSPS) is 17.5. The van der Waals surface area contributed by atoms with Crippen LogP contribution in [0.2, 0.25) is 0 Å². The van der Waals surface area contributed by atoms with E-state index in [2.05, 4.69) is 10.3 Å². The SMILES string of the molecule is O=C(Nc1nccs1)C1CCCC1. The van der Waals surface area contributed by atoms with Crippen molar-refractivity contribution in [3.05, 3.63) is 11.6 Å². The maximum Gasteiger partial charge on any atom is 0.229 e. The van der Waals surface area contributed by atoms with E-state index in [0.29, 0.717) is 0 Å². The smallest absolute Gasteiger partial charge is 0.229 e. The van der Waals surface area contributed by atoms with E-state index in [-0.39, 0.29) is 11.8 Å². The van der Waals surface area contributed by atoms with Gasteiger partial charge in [-0.05, 0) is 12.8 Å². The fourth-order valence-electron chi connectivity index (χ4n) is 1.68. The van der Waals surface area contributed by atoms with E-state index in [4.69, 9.17) is 0 Å². The Kier molecular flexibility index (Phi) is 2.59.